The van der Waals surface area contributed by atoms with Crippen molar-refractivity contribution in [2.75, 3.05) is 18.4 Å². The smallest absolute Gasteiger partial charge is 0.219 e. The zero-order valence-electron chi connectivity index (χ0n) is 21.5. The fraction of sp³-hybridized carbons (Fsp3) is 0.250. The van der Waals surface area contributed by atoms with Crippen LogP contribution in [0.25, 0.3) is 10.2 Å². The first-order valence-corrected chi connectivity index (χ1v) is 15.2. The van der Waals surface area contributed by atoms with Gasteiger partial charge in [-0.05, 0) is 49.4 Å². The van der Waals surface area contributed by atoms with Crippen LogP contribution in [0.15, 0.2) is 69.5 Å². The zero-order valence-corrected chi connectivity index (χ0v) is 23.9. The fourth-order valence-electron chi connectivity index (χ4n) is 4.52. The molecule has 6 rings (SSSR count). The molecular formula is C28H26N6O2S3. The molecule has 1 aliphatic heterocycles. The summed E-state index contributed by atoms with van der Waals surface area (Å²) < 4.78 is 7.53. The van der Waals surface area contributed by atoms with Crippen molar-refractivity contribution in [1.29, 1.82) is 0 Å². The summed E-state index contributed by atoms with van der Waals surface area (Å²) in [5.41, 5.74) is 2.86. The molecule has 0 radical (unpaired) electrons. The highest BCUT2D eigenvalue weighted by molar-refractivity contribution is 7.99. The van der Waals surface area contributed by atoms with Gasteiger partial charge in [-0.2, -0.15) is 0 Å². The Bertz CT molecular complexity index is 1630. The third-order valence-electron chi connectivity index (χ3n) is 6.65. The van der Waals surface area contributed by atoms with Gasteiger partial charge in [0.25, 0.3) is 0 Å². The summed E-state index contributed by atoms with van der Waals surface area (Å²) in [5.74, 6) is 2.54. The lowest BCUT2D eigenvalue weighted by atomic mass is 9.94. The van der Waals surface area contributed by atoms with Gasteiger partial charge < -0.3 is 15.0 Å². The van der Waals surface area contributed by atoms with Crippen LogP contribution in [-0.2, 0) is 4.79 Å². The first-order valence-electron chi connectivity index (χ1n) is 12.6. The molecule has 0 atom stereocenters. The molecule has 0 unspecified atom stereocenters. The number of aryl methyl sites for hydroxylation is 1. The van der Waals surface area contributed by atoms with Crippen molar-refractivity contribution in [3.05, 3.63) is 71.1 Å². The Kier molecular flexibility index (Phi) is 7.45. The van der Waals surface area contributed by atoms with Crippen molar-refractivity contribution >= 4 is 61.5 Å². The van der Waals surface area contributed by atoms with Crippen molar-refractivity contribution in [2.24, 2.45) is 0 Å². The molecule has 1 amide bonds. The molecule has 1 fully saturated rings. The minimum Gasteiger partial charge on any atom is -0.454 e. The lowest BCUT2D eigenvalue weighted by molar-refractivity contribution is -0.129. The van der Waals surface area contributed by atoms with Gasteiger partial charge in [0.15, 0.2) is 5.13 Å². The molecule has 5 aromatic rings. The summed E-state index contributed by atoms with van der Waals surface area (Å²) in [6, 6.07) is 9.74. The second-order valence-electron chi connectivity index (χ2n) is 9.23. The van der Waals surface area contributed by atoms with Gasteiger partial charge in [-0.15, -0.1) is 22.7 Å². The number of piperidine rings is 1. The van der Waals surface area contributed by atoms with E-state index in [-0.39, 0.29) is 5.91 Å². The third kappa shape index (κ3) is 5.75. The number of carbonyl (C=O) groups is 1. The predicted molar refractivity (Wildman–Crippen MR) is 157 cm³/mol. The van der Waals surface area contributed by atoms with E-state index in [0.29, 0.717) is 23.2 Å². The number of ether oxygens (including phenoxy) is 1. The zero-order chi connectivity index (χ0) is 26.8. The highest BCUT2D eigenvalue weighted by Crippen LogP contribution is 2.42. The normalized spacial score (nSPS) is 14.1. The number of hydrogen-bond donors (Lipinski definition) is 1. The number of hydrogen-bond acceptors (Lipinski definition) is 10. The Morgan fingerprint density at radius 2 is 1.95 bits per heavy atom. The van der Waals surface area contributed by atoms with Gasteiger partial charge in [-0.3, -0.25) is 14.8 Å². The van der Waals surface area contributed by atoms with Crippen molar-refractivity contribution in [2.45, 2.75) is 42.4 Å². The molecule has 39 heavy (non-hydrogen) atoms. The minimum atomic E-state index is 0.144. The molecule has 0 spiro atoms. The summed E-state index contributed by atoms with van der Waals surface area (Å²) in [7, 11) is 0. The fourth-order valence-corrected chi connectivity index (χ4v) is 7.22. The van der Waals surface area contributed by atoms with Crippen LogP contribution >= 0.6 is 34.4 Å². The van der Waals surface area contributed by atoms with E-state index < -0.39 is 0 Å². The predicted octanol–water partition coefficient (Wildman–Crippen LogP) is 7.26. The van der Waals surface area contributed by atoms with Gasteiger partial charge in [0.05, 0.1) is 26.5 Å². The largest absolute Gasteiger partial charge is 0.454 e. The van der Waals surface area contributed by atoms with E-state index in [1.54, 1.807) is 47.6 Å². The van der Waals surface area contributed by atoms with Gasteiger partial charge in [-0.25, -0.2) is 9.97 Å². The van der Waals surface area contributed by atoms with Crippen molar-refractivity contribution in [1.82, 2.24) is 24.8 Å². The van der Waals surface area contributed by atoms with E-state index in [4.69, 9.17) is 14.7 Å². The number of rotatable bonds is 7. The quantitative estimate of drug-likeness (QED) is 0.217. The molecule has 0 aromatic carbocycles. The van der Waals surface area contributed by atoms with Crippen LogP contribution in [0.2, 0.25) is 0 Å². The second kappa shape index (κ2) is 11.3. The lowest BCUT2D eigenvalue weighted by Crippen LogP contribution is -2.36. The Hall–Kier alpha value is -3.54. The summed E-state index contributed by atoms with van der Waals surface area (Å²) in [4.78, 5) is 33.9. The molecule has 0 aliphatic carbocycles. The molecule has 5 aromatic heterocycles. The summed E-state index contributed by atoms with van der Waals surface area (Å²) in [6.07, 6.45) is 7.28. The molecule has 0 saturated carbocycles. The molecular weight excluding hydrogens is 549 g/mol. The standard InChI is InChI=1S/C28H26N6O2S3/c1-17-22(4-3-9-29-17)36-23-14-26(31-15-25(23)39-24-5-10-30-20-8-13-37-27(20)24)33-28-32-21(16-38-28)19-6-11-34(12-7-19)18(2)35/h3-5,8-10,13-16,19H,6-7,11-12H2,1-2H3,(H,31,32,33). The number of aromatic nitrogens is 4. The Labute approximate surface area is 238 Å². The van der Waals surface area contributed by atoms with Crippen LogP contribution < -0.4 is 10.1 Å². The molecule has 8 nitrogen and oxygen atoms in total. The average molecular weight is 575 g/mol. The van der Waals surface area contributed by atoms with Crippen LogP contribution in [0.4, 0.5) is 10.9 Å². The van der Waals surface area contributed by atoms with Gasteiger partial charge >= 0.3 is 0 Å². The molecule has 6 heterocycles. The second-order valence-corrected chi connectivity index (χ2v) is 12.1. The van der Waals surface area contributed by atoms with Gasteiger partial charge in [-0.1, -0.05) is 11.8 Å². The van der Waals surface area contributed by atoms with Crippen molar-refractivity contribution < 1.29 is 9.53 Å². The van der Waals surface area contributed by atoms with Gasteiger partial charge in [0.2, 0.25) is 5.91 Å². The summed E-state index contributed by atoms with van der Waals surface area (Å²) in [6.45, 7) is 5.13. The number of thiazole rings is 1. The number of nitrogens with zero attached hydrogens (tertiary/aromatic N) is 5. The molecule has 198 valence electrons. The van der Waals surface area contributed by atoms with Crippen molar-refractivity contribution in [3.63, 3.8) is 0 Å². The van der Waals surface area contributed by atoms with E-state index in [1.165, 1.54) is 0 Å². The van der Waals surface area contributed by atoms with Crippen LogP contribution in [0.3, 0.4) is 0 Å². The van der Waals surface area contributed by atoms with Crippen LogP contribution in [0.5, 0.6) is 11.5 Å². The Balaban J connectivity index is 1.25. The number of amides is 1. The highest BCUT2D eigenvalue weighted by atomic mass is 32.2. The number of thiophene rings is 1. The number of likely N-dealkylation sites (tertiary alicyclic amines) is 1. The van der Waals surface area contributed by atoms with E-state index in [9.17, 15) is 4.79 Å². The summed E-state index contributed by atoms with van der Waals surface area (Å²) in [5, 5.41) is 8.31. The Morgan fingerprint density at radius 3 is 2.77 bits per heavy atom. The molecule has 1 N–H and O–H groups in total. The third-order valence-corrected chi connectivity index (χ3v) is 9.58. The van der Waals surface area contributed by atoms with E-state index >= 15 is 0 Å². The summed E-state index contributed by atoms with van der Waals surface area (Å²) >= 11 is 4.84. The number of pyridine rings is 3. The van der Waals surface area contributed by atoms with E-state index in [2.05, 4.69) is 26.0 Å². The van der Waals surface area contributed by atoms with Crippen LogP contribution in [0.1, 0.15) is 37.1 Å². The van der Waals surface area contributed by atoms with Crippen LogP contribution in [-0.4, -0.2) is 43.8 Å². The molecule has 1 aliphatic rings. The van der Waals surface area contributed by atoms with E-state index in [0.717, 1.165) is 62.5 Å². The maximum Gasteiger partial charge on any atom is 0.219 e. The van der Waals surface area contributed by atoms with Crippen LogP contribution in [0, 0.1) is 6.92 Å². The molecule has 1 saturated heterocycles. The molecule has 11 heteroatoms. The number of fused-ring (bicyclic) bond motifs is 1. The first kappa shape index (κ1) is 25.7. The maximum atomic E-state index is 11.7. The highest BCUT2D eigenvalue weighted by Gasteiger charge is 2.24. The topological polar surface area (TPSA) is 93.1 Å². The number of anilines is 2. The van der Waals surface area contributed by atoms with Gasteiger partial charge in [0.1, 0.15) is 17.3 Å². The van der Waals surface area contributed by atoms with Gasteiger partial charge in [0, 0.05) is 60.9 Å². The van der Waals surface area contributed by atoms with Crippen molar-refractivity contribution in [3.8, 4) is 11.5 Å². The SMILES string of the molecule is CC(=O)N1CCC(c2csc(Nc3cc(Oc4cccnc4C)c(Sc4ccnc5ccsc45)cn3)n2)CC1. The first-order chi connectivity index (χ1) is 19.0. The maximum absolute atomic E-state index is 11.7. The molecule has 0 bridgehead atoms. The monoisotopic (exact) mass is 574 g/mol. The van der Waals surface area contributed by atoms with E-state index in [1.807, 2.05) is 54.5 Å². The lowest BCUT2D eigenvalue weighted by Gasteiger charge is -2.30. The number of nitrogens with one attached hydrogen (secondary N) is 1. The Morgan fingerprint density at radius 1 is 1.08 bits per heavy atom. The number of carbonyl (C=O) groups excluding carboxylic acids is 1. The average Bonchev–Trinajstić information content (AvgIpc) is 3.62. The minimum absolute atomic E-state index is 0.144.